The van der Waals surface area contributed by atoms with Crippen LogP contribution in [0.5, 0.6) is 0 Å². The normalized spacial score (nSPS) is 20.0. The van der Waals surface area contributed by atoms with Crippen LogP contribution in [0.3, 0.4) is 0 Å². The average molecular weight is 274 g/mol. The van der Waals surface area contributed by atoms with Gasteiger partial charge >= 0.3 is 0 Å². The first-order valence-corrected chi connectivity index (χ1v) is 7.02. The minimum Gasteiger partial charge on any atom is -0.342 e. The van der Waals surface area contributed by atoms with Gasteiger partial charge in [0.1, 0.15) is 12.6 Å². The zero-order chi connectivity index (χ0) is 14.9. The highest BCUT2D eigenvalue weighted by Crippen LogP contribution is 2.26. The summed E-state index contributed by atoms with van der Waals surface area (Å²) in [4.78, 5) is 26.0. The molecule has 0 bridgehead atoms. The maximum atomic E-state index is 12.6. The molecule has 1 unspecified atom stereocenters. The van der Waals surface area contributed by atoms with Crippen LogP contribution in [-0.2, 0) is 16.0 Å². The number of benzene rings is 1. The molecule has 1 aliphatic rings. The highest BCUT2D eigenvalue weighted by Gasteiger charge is 2.40. The molecule has 1 aliphatic heterocycles. The Morgan fingerprint density at radius 2 is 1.80 bits per heavy atom. The van der Waals surface area contributed by atoms with E-state index in [0.717, 1.165) is 12.1 Å². The molecule has 1 aromatic rings. The minimum atomic E-state index is -0.477. The molecule has 20 heavy (non-hydrogen) atoms. The molecule has 1 heterocycles. The van der Waals surface area contributed by atoms with Crippen LogP contribution in [0.15, 0.2) is 24.3 Å². The van der Waals surface area contributed by atoms with Crippen LogP contribution in [0.2, 0.25) is 0 Å². The molecule has 1 N–H and O–H groups in total. The molecule has 0 spiro atoms. The highest BCUT2D eigenvalue weighted by atomic mass is 16.2. The molecule has 4 heteroatoms. The fraction of sp³-hybridized carbons (Fsp3) is 0.500. The molecule has 1 aromatic carbocycles. The van der Waals surface area contributed by atoms with Crippen molar-refractivity contribution in [2.24, 2.45) is 5.41 Å². The second-order valence-electron chi connectivity index (χ2n) is 6.31. The van der Waals surface area contributed by atoms with Crippen molar-refractivity contribution in [3.63, 3.8) is 0 Å². The Hall–Kier alpha value is -1.84. The number of carbonyl (C=O) groups is 2. The number of aryl methyl sites for hydroxylation is 1. The average Bonchev–Trinajstić information content (AvgIpc) is 2.40. The van der Waals surface area contributed by atoms with Gasteiger partial charge in [-0.3, -0.25) is 9.59 Å². The molecule has 4 nitrogen and oxygen atoms in total. The summed E-state index contributed by atoms with van der Waals surface area (Å²) >= 11 is 0. The standard InChI is InChI=1S/C16H22N2O2/c1-5-11-6-8-12(9-7-11)18-10-13(19)17-14(15(18)20)16(2,3)4/h6-9,14H,5,10H2,1-4H3,(H,17,19). The molecule has 0 aromatic heterocycles. The van der Waals surface area contributed by atoms with Crippen molar-refractivity contribution in [1.29, 1.82) is 0 Å². The first-order valence-electron chi connectivity index (χ1n) is 7.02. The quantitative estimate of drug-likeness (QED) is 0.898. The number of piperazine rings is 1. The lowest BCUT2D eigenvalue weighted by Gasteiger charge is -2.38. The lowest BCUT2D eigenvalue weighted by atomic mass is 9.84. The summed E-state index contributed by atoms with van der Waals surface area (Å²) < 4.78 is 0. The van der Waals surface area contributed by atoms with Gasteiger partial charge in [0.15, 0.2) is 0 Å². The number of carbonyl (C=O) groups excluding carboxylic acids is 2. The van der Waals surface area contributed by atoms with E-state index in [1.165, 1.54) is 5.56 Å². The van der Waals surface area contributed by atoms with Gasteiger partial charge in [0.05, 0.1) is 0 Å². The van der Waals surface area contributed by atoms with Crippen LogP contribution in [0, 0.1) is 5.41 Å². The van der Waals surface area contributed by atoms with E-state index in [9.17, 15) is 9.59 Å². The molecular weight excluding hydrogens is 252 g/mol. The summed E-state index contributed by atoms with van der Waals surface area (Å²) in [7, 11) is 0. The zero-order valence-corrected chi connectivity index (χ0v) is 12.6. The first kappa shape index (κ1) is 14.6. The molecular formula is C16H22N2O2. The summed E-state index contributed by atoms with van der Waals surface area (Å²) in [5, 5.41) is 2.80. The Morgan fingerprint density at radius 3 is 2.30 bits per heavy atom. The fourth-order valence-electron chi connectivity index (χ4n) is 2.36. The minimum absolute atomic E-state index is 0.0404. The smallest absolute Gasteiger partial charge is 0.250 e. The second kappa shape index (κ2) is 5.27. The SMILES string of the molecule is CCc1ccc(N2CC(=O)NC(C(C)(C)C)C2=O)cc1. The number of amides is 2. The second-order valence-corrected chi connectivity index (χ2v) is 6.31. The van der Waals surface area contributed by atoms with E-state index in [-0.39, 0.29) is 23.8 Å². The van der Waals surface area contributed by atoms with Gasteiger partial charge in [-0.2, -0.15) is 0 Å². The maximum Gasteiger partial charge on any atom is 0.250 e. The van der Waals surface area contributed by atoms with Crippen molar-refractivity contribution in [3.05, 3.63) is 29.8 Å². The molecule has 1 atom stereocenters. The summed E-state index contributed by atoms with van der Waals surface area (Å²) in [6.45, 7) is 8.06. The zero-order valence-electron chi connectivity index (χ0n) is 12.6. The van der Waals surface area contributed by atoms with Crippen molar-refractivity contribution in [2.75, 3.05) is 11.4 Å². The third-order valence-corrected chi connectivity index (χ3v) is 3.64. The van der Waals surface area contributed by atoms with E-state index in [2.05, 4.69) is 12.2 Å². The van der Waals surface area contributed by atoms with E-state index in [4.69, 9.17) is 0 Å². The Labute approximate surface area is 120 Å². The topological polar surface area (TPSA) is 49.4 Å². The van der Waals surface area contributed by atoms with Gasteiger partial charge in [0.2, 0.25) is 5.91 Å². The van der Waals surface area contributed by atoms with Gasteiger partial charge in [-0.1, -0.05) is 39.8 Å². The van der Waals surface area contributed by atoms with Crippen molar-refractivity contribution in [2.45, 2.75) is 40.2 Å². The number of nitrogens with one attached hydrogen (secondary N) is 1. The van der Waals surface area contributed by atoms with Crippen LogP contribution in [-0.4, -0.2) is 24.4 Å². The van der Waals surface area contributed by atoms with Crippen LogP contribution >= 0.6 is 0 Å². The number of anilines is 1. The summed E-state index contributed by atoms with van der Waals surface area (Å²) in [6, 6.07) is 7.35. The molecule has 1 saturated heterocycles. The monoisotopic (exact) mass is 274 g/mol. The van der Waals surface area contributed by atoms with E-state index in [0.29, 0.717) is 0 Å². The predicted octanol–water partition coefficient (Wildman–Crippen LogP) is 2.13. The molecule has 108 valence electrons. The largest absolute Gasteiger partial charge is 0.342 e. The van der Waals surface area contributed by atoms with E-state index in [1.54, 1.807) is 4.90 Å². The molecule has 0 aliphatic carbocycles. The van der Waals surface area contributed by atoms with Crippen molar-refractivity contribution >= 4 is 17.5 Å². The summed E-state index contributed by atoms with van der Waals surface area (Å²) in [5.41, 5.74) is 1.71. The van der Waals surface area contributed by atoms with Crippen LogP contribution < -0.4 is 10.2 Å². The number of hydrogen-bond donors (Lipinski definition) is 1. The Kier molecular flexibility index (Phi) is 3.84. The van der Waals surface area contributed by atoms with E-state index < -0.39 is 6.04 Å². The number of rotatable bonds is 2. The van der Waals surface area contributed by atoms with E-state index in [1.807, 2.05) is 45.0 Å². The first-order chi connectivity index (χ1) is 9.32. The van der Waals surface area contributed by atoms with Crippen molar-refractivity contribution in [3.8, 4) is 0 Å². The van der Waals surface area contributed by atoms with Gasteiger partial charge in [-0.25, -0.2) is 0 Å². The lowest BCUT2D eigenvalue weighted by molar-refractivity contribution is -0.133. The third-order valence-electron chi connectivity index (χ3n) is 3.64. The lowest BCUT2D eigenvalue weighted by Crippen LogP contribution is -2.62. The Morgan fingerprint density at radius 1 is 1.20 bits per heavy atom. The molecule has 1 fully saturated rings. The van der Waals surface area contributed by atoms with E-state index >= 15 is 0 Å². The number of hydrogen-bond acceptors (Lipinski definition) is 2. The van der Waals surface area contributed by atoms with Gasteiger partial charge in [-0.15, -0.1) is 0 Å². The van der Waals surface area contributed by atoms with Crippen LogP contribution in [0.4, 0.5) is 5.69 Å². The summed E-state index contributed by atoms with van der Waals surface area (Å²) in [6.07, 6.45) is 0.958. The number of nitrogens with zero attached hydrogens (tertiary/aromatic N) is 1. The Bertz CT molecular complexity index is 514. The van der Waals surface area contributed by atoms with Gasteiger partial charge in [0.25, 0.3) is 5.91 Å². The summed E-state index contributed by atoms with van der Waals surface area (Å²) in [5.74, 6) is -0.148. The van der Waals surface area contributed by atoms with Gasteiger partial charge in [-0.05, 0) is 29.5 Å². The van der Waals surface area contributed by atoms with Gasteiger partial charge < -0.3 is 10.2 Å². The van der Waals surface area contributed by atoms with Gasteiger partial charge in [0, 0.05) is 5.69 Å². The third kappa shape index (κ3) is 2.84. The van der Waals surface area contributed by atoms with Crippen LogP contribution in [0.25, 0.3) is 0 Å². The molecule has 0 radical (unpaired) electrons. The Balaban J connectivity index is 2.29. The van der Waals surface area contributed by atoms with Crippen molar-refractivity contribution in [1.82, 2.24) is 5.32 Å². The molecule has 2 rings (SSSR count). The fourth-order valence-corrected chi connectivity index (χ4v) is 2.36. The molecule has 0 saturated carbocycles. The van der Waals surface area contributed by atoms with Crippen molar-refractivity contribution < 1.29 is 9.59 Å². The predicted molar refractivity (Wildman–Crippen MR) is 79.6 cm³/mol. The highest BCUT2D eigenvalue weighted by molar-refractivity contribution is 6.06. The maximum absolute atomic E-state index is 12.6. The van der Waals surface area contributed by atoms with Crippen LogP contribution in [0.1, 0.15) is 33.3 Å². The molecule has 2 amide bonds.